The van der Waals surface area contributed by atoms with Crippen LogP contribution in [0.25, 0.3) is 5.69 Å². The fourth-order valence-electron chi connectivity index (χ4n) is 1.74. The molecule has 0 spiro atoms. The Hall–Kier alpha value is -2.00. The number of aliphatic hydroxyl groups excluding tert-OH is 1. The number of nitrogens with one attached hydrogen (secondary N) is 1. The monoisotopic (exact) mass is 301 g/mol. The van der Waals surface area contributed by atoms with Gasteiger partial charge in [-0.1, -0.05) is 12.1 Å². The number of tetrazole rings is 1. The molecule has 0 aliphatic rings. The summed E-state index contributed by atoms with van der Waals surface area (Å²) in [4.78, 5) is 0. The van der Waals surface area contributed by atoms with E-state index >= 15 is 0 Å². The molecule has 0 amide bonds. The molecule has 0 saturated heterocycles. The van der Waals surface area contributed by atoms with E-state index in [4.69, 9.17) is 5.11 Å². The molecule has 2 N–H and O–H groups in total. The topological polar surface area (TPSA) is 75.9 Å². The maximum atomic E-state index is 12.2. The van der Waals surface area contributed by atoms with Crippen LogP contribution in [0, 0.1) is 0 Å². The number of hydrogen-bond donors (Lipinski definition) is 2. The number of alkyl halides is 3. The summed E-state index contributed by atoms with van der Waals surface area (Å²) >= 11 is 0. The number of aromatic nitrogens is 4. The molecule has 9 heteroatoms. The molecule has 0 aliphatic carbocycles. The summed E-state index contributed by atoms with van der Waals surface area (Å²) in [5.74, 6) is 0. The minimum atomic E-state index is -4.62. The quantitative estimate of drug-likeness (QED) is 0.869. The first-order valence-corrected chi connectivity index (χ1v) is 6.19. The zero-order valence-corrected chi connectivity index (χ0v) is 11.1. The summed E-state index contributed by atoms with van der Waals surface area (Å²) in [5, 5.41) is 22.4. The molecule has 2 aromatic rings. The third-order valence-electron chi connectivity index (χ3n) is 2.98. The molecule has 0 saturated carbocycles. The van der Waals surface area contributed by atoms with Crippen molar-refractivity contribution < 1.29 is 18.3 Å². The zero-order chi connectivity index (χ0) is 15.5. The van der Waals surface area contributed by atoms with E-state index in [0.717, 1.165) is 5.56 Å². The number of halogens is 3. The summed E-state index contributed by atoms with van der Waals surface area (Å²) in [7, 11) is 0. The van der Waals surface area contributed by atoms with Gasteiger partial charge in [-0.05, 0) is 35.0 Å². The summed E-state index contributed by atoms with van der Waals surface area (Å²) in [6.07, 6.45) is -5.59. The highest BCUT2D eigenvalue weighted by atomic mass is 19.4. The summed E-state index contributed by atoms with van der Waals surface area (Å²) in [5.41, 5.74) is 1.46. The van der Waals surface area contributed by atoms with Crippen LogP contribution in [0.15, 0.2) is 30.6 Å². The zero-order valence-electron chi connectivity index (χ0n) is 11.1. The summed E-state index contributed by atoms with van der Waals surface area (Å²) < 4.78 is 38.2. The van der Waals surface area contributed by atoms with E-state index in [0.29, 0.717) is 5.69 Å². The van der Waals surface area contributed by atoms with Crippen LogP contribution in [-0.4, -0.2) is 44.1 Å². The van der Waals surface area contributed by atoms with Crippen LogP contribution < -0.4 is 5.32 Å². The average molecular weight is 301 g/mol. The van der Waals surface area contributed by atoms with Gasteiger partial charge < -0.3 is 10.4 Å². The number of aliphatic hydroxyl groups is 1. The lowest BCUT2D eigenvalue weighted by Gasteiger charge is -2.19. The molecule has 114 valence electrons. The van der Waals surface area contributed by atoms with Crippen LogP contribution >= 0.6 is 0 Å². The van der Waals surface area contributed by atoms with Crippen LogP contribution in [0.2, 0.25) is 0 Å². The lowest BCUT2D eigenvalue weighted by molar-refractivity contribution is -0.202. The number of nitrogens with zero attached hydrogens (tertiary/aromatic N) is 4. The predicted octanol–water partition coefficient (Wildman–Crippen LogP) is 1.24. The van der Waals surface area contributed by atoms with Crippen LogP contribution in [0.1, 0.15) is 18.5 Å². The highest BCUT2D eigenvalue weighted by Crippen LogP contribution is 2.21. The van der Waals surface area contributed by atoms with E-state index in [2.05, 4.69) is 20.8 Å². The molecule has 1 aromatic heterocycles. The highest BCUT2D eigenvalue weighted by Gasteiger charge is 2.37. The van der Waals surface area contributed by atoms with Gasteiger partial charge in [0.05, 0.1) is 5.69 Å². The molecule has 6 nitrogen and oxygen atoms in total. The second-order valence-corrected chi connectivity index (χ2v) is 4.54. The van der Waals surface area contributed by atoms with Crippen LogP contribution in [-0.2, 0) is 0 Å². The molecule has 2 rings (SSSR count). The smallest absolute Gasteiger partial charge is 0.382 e. The molecule has 1 heterocycles. The Morgan fingerprint density at radius 2 is 2.14 bits per heavy atom. The second-order valence-electron chi connectivity index (χ2n) is 4.54. The van der Waals surface area contributed by atoms with E-state index in [9.17, 15) is 13.2 Å². The average Bonchev–Trinajstić information content (AvgIpc) is 2.97. The highest BCUT2D eigenvalue weighted by molar-refractivity contribution is 5.35. The van der Waals surface area contributed by atoms with E-state index < -0.39 is 18.8 Å². The number of rotatable bonds is 5. The molecule has 0 radical (unpaired) electrons. The Bertz CT molecular complexity index is 573. The first-order chi connectivity index (χ1) is 9.88. The molecule has 0 fully saturated rings. The van der Waals surface area contributed by atoms with Gasteiger partial charge in [0, 0.05) is 12.6 Å². The van der Waals surface area contributed by atoms with Crippen molar-refractivity contribution >= 4 is 0 Å². The standard InChI is InChI=1S/C12H14F3N5O/c1-8(16-6-11(21)12(13,14)15)9-3-2-4-10(5-9)20-7-17-18-19-20/h2-5,7-8,11,16,21H,6H2,1H3. The Morgan fingerprint density at radius 1 is 1.38 bits per heavy atom. The van der Waals surface area contributed by atoms with E-state index in [1.807, 2.05) is 0 Å². The van der Waals surface area contributed by atoms with Gasteiger partial charge >= 0.3 is 6.18 Å². The van der Waals surface area contributed by atoms with Crippen LogP contribution in [0.5, 0.6) is 0 Å². The van der Waals surface area contributed by atoms with Crippen molar-refractivity contribution in [1.82, 2.24) is 25.5 Å². The molecule has 2 unspecified atom stereocenters. The molecule has 0 bridgehead atoms. The third kappa shape index (κ3) is 3.99. The lowest BCUT2D eigenvalue weighted by Crippen LogP contribution is -2.39. The summed E-state index contributed by atoms with van der Waals surface area (Å²) in [6.45, 7) is 1.14. The Balaban J connectivity index is 2.03. The minimum Gasteiger partial charge on any atom is -0.382 e. The fourth-order valence-corrected chi connectivity index (χ4v) is 1.74. The minimum absolute atomic E-state index is 0.363. The van der Waals surface area contributed by atoms with Crippen LogP contribution in [0.4, 0.5) is 13.2 Å². The van der Waals surface area contributed by atoms with E-state index in [1.165, 1.54) is 11.0 Å². The number of hydrogen-bond acceptors (Lipinski definition) is 5. The van der Waals surface area contributed by atoms with Gasteiger partial charge in [0.1, 0.15) is 6.33 Å². The molecular weight excluding hydrogens is 287 g/mol. The maximum absolute atomic E-state index is 12.2. The number of benzene rings is 1. The third-order valence-corrected chi connectivity index (χ3v) is 2.98. The normalized spacial score (nSPS) is 14.9. The SMILES string of the molecule is CC(NCC(O)C(F)(F)F)c1cccc(-n2cnnn2)c1. The Morgan fingerprint density at radius 3 is 2.76 bits per heavy atom. The van der Waals surface area contributed by atoms with E-state index in [-0.39, 0.29) is 6.04 Å². The van der Waals surface area contributed by atoms with Gasteiger partial charge in [-0.25, -0.2) is 4.68 Å². The van der Waals surface area contributed by atoms with E-state index in [1.54, 1.807) is 31.2 Å². The summed E-state index contributed by atoms with van der Waals surface area (Å²) in [6, 6.07) is 6.69. The Labute approximate surface area is 118 Å². The van der Waals surface area contributed by atoms with Crippen molar-refractivity contribution in [3.63, 3.8) is 0 Å². The first-order valence-electron chi connectivity index (χ1n) is 6.19. The van der Waals surface area contributed by atoms with Crippen LogP contribution in [0.3, 0.4) is 0 Å². The van der Waals surface area contributed by atoms with Gasteiger partial charge in [0.15, 0.2) is 6.10 Å². The van der Waals surface area contributed by atoms with Gasteiger partial charge in [0.2, 0.25) is 0 Å². The first kappa shape index (κ1) is 15.4. The van der Waals surface area contributed by atoms with Crippen molar-refractivity contribution in [2.24, 2.45) is 0 Å². The van der Waals surface area contributed by atoms with Crippen molar-refractivity contribution in [1.29, 1.82) is 0 Å². The lowest BCUT2D eigenvalue weighted by atomic mass is 10.1. The Kier molecular flexibility index (Phi) is 4.53. The van der Waals surface area contributed by atoms with Gasteiger partial charge in [-0.3, -0.25) is 0 Å². The molecule has 0 aliphatic heterocycles. The molecule has 2 atom stereocenters. The fraction of sp³-hybridized carbons (Fsp3) is 0.417. The van der Waals surface area contributed by atoms with Crippen molar-refractivity contribution in [3.8, 4) is 5.69 Å². The molecule has 1 aromatic carbocycles. The van der Waals surface area contributed by atoms with Crippen molar-refractivity contribution in [2.45, 2.75) is 25.2 Å². The second kappa shape index (κ2) is 6.19. The van der Waals surface area contributed by atoms with Crippen molar-refractivity contribution in [2.75, 3.05) is 6.54 Å². The molecule has 21 heavy (non-hydrogen) atoms. The molecular formula is C12H14F3N5O. The van der Waals surface area contributed by atoms with Gasteiger partial charge in [-0.2, -0.15) is 13.2 Å². The maximum Gasteiger partial charge on any atom is 0.415 e. The van der Waals surface area contributed by atoms with Gasteiger partial charge in [-0.15, -0.1) is 5.10 Å². The van der Waals surface area contributed by atoms with Gasteiger partial charge in [0.25, 0.3) is 0 Å². The predicted molar refractivity (Wildman–Crippen MR) is 67.6 cm³/mol. The van der Waals surface area contributed by atoms with Crippen molar-refractivity contribution in [3.05, 3.63) is 36.2 Å². The largest absolute Gasteiger partial charge is 0.415 e.